The van der Waals surface area contributed by atoms with Crippen LogP contribution in [0.25, 0.3) is 0 Å². The summed E-state index contributed by atoms with van der Waals surface area (Å²) in [6, 6.07) is 2.20. The van der Waals surface area contributed by atoms with Gasteiger partial charge in [-0.1, -0.05) is 0 Å². The van der Waals surface area contributed by atoms with E-state index < -0.39 is 5.41 Å². The van der Waals surface area contributed by atoms with Gasteiger partial charge in [0.25, 0.3) is 0 Å². The largest absolute Gasteiger partial charge is 0.425 e. The normalized spacial score (nSPS) is 30.2. The Bertz CT molecular complexity index is 583. The highest BCUT2D eigenvalue weighted by atomic mass is 16.5. The fourth-order valence-corrected chi connectivity index (χ4v) is 2.90. The van der Waals surface area contributed by atoms with Crippen molar-refractivity contribution in [3.05, 3.63) is 23.0 Å². The zero-order valence-corrected chi connectivity index (χ0v) is 10.3. The van der Waals surface area contributed by atoms with Crippen molar-refractivity contribution in [2.45, 2.75) is 31.8 Å². The fourth-order valence-electron chi connectivity index (χ4n) is 2.90. The second-order valence-corrected chi connectivity index (χ2v) is 4.67. The molecule has 1 aromatic rings. The molecule has 3 N–H and O–H groups in total. The van der Waals surface area contributed by atoms with Crippen LogP contribution in [-0.2, 0) is 10.2 Å². The molecule has 0 amide bonds. The Kier molecular flexibility index (Phi) is 2.16. The Labute approximate surface area is 104 Å². The molecule has 94 valence electrons. The summed E-state index contributed by atoms with van der Waals surface area (Å²) >= 11 is 0. The van der Waals surface area contributed by atoms with Gasteiger partial charge in [-0.05, 0) is 13.3 Å². The van der Waals surface area contributed by atoms with E-state index >= 15 is 0 Å². The summed E-state index contributed by atoms with van der Waals surface area (Å²) in [5.41, 5.74) is 6.59. The molecule has 0 bridgehead atoms. The summed E-state index contributed by atoms with van der Waals surface area (Å²) in [4.78, 5) is 4.42. The van der Waals surface area contributed by atoms with E-state index in [2.05, 4.69) is 16.4 Å². The van der Waals surface area contributed by atoms with Gasteiger partial charge < -0.3 is 20.2 Å². The van der Waals surface area contributed by atoms with Crippen molar-refractivity contribution in [2.24, 2.45) is 5.73 Å². The molecule has 3 rings (SSSR count). The van der Waals surface area contributed by atoms with Crippen molar-refractivity contribution in [3.63, 3.8) is 0 Å². The van der Waals surface area contributed by atoms with Crippen LogP contribution in [0.3, 0.4) is 0 Å². The minimum atomic E-state index is -0.572. The predicted molar refractivity (Wildman–Crippen MR) is 63.4 cm³/mol. The van der Waals surface area contributed by atoms with Crippen molar-refractivity contribution < 1.29 is 9.15 Å². The first kappa shape index (κ1) is 11.1. The zero-order valence-electron chi connectivity index (χ0n) is 10.3. The van der Waals surface area contributed by atoms with Crippen molar-refractivity contribution >= 4 is 5.88 Å². The van der Waals surface area contributed by atoms with Gasteiger partial charge in [-0.25, -0.2) is 4.98 Å². The van der Waals surface area contributed by atoms with Gasteiger partial charge in [0.2, 0.25) is 5.88 Å². The summed E-state index contributed by atoms with van der Waals surface area (Å²) in [5, 5.41) is 12.3. The van der Waals surface area contributed by atoms with E-state index in [0.717, 1.165) is 5.69 Å². The van der Waals surface area contributed by atoms with Gasteiger partial charge in [-0.3, -0.25) is 0 Å². The SMILES string of the molecule is Cc1nc2c(o1)NC(N)=C(C#N)[C@]21CCO[C@@H]1C. The Hall–Kier alpha value is -2.00. The van der Waals surface area contributed by atoms with E-state index in [-0.39, 0.29) is 6.10 Å². The molecule has 6 heteroatoms. The van der Waals surface area contributed by atoms with Crippen LogP contribution in [0, 0.1) is 18.3 Å². The minimum absolute atomic E-state index is 0.143. The number of nitrogens with one attached hydrogen (secondary N) is 1. The maximum absolute atomic E-state index is 9.40. The average Bonchev–Trinajstić information content (AvgIpc) is 2.85. The fraction of sp³-hybridized carbons (Fsp3) is 0.500. The van der Waals surface area contributed by atoms with Crippen LogP contribution in [0.1, 0.15) is 24.9 Å². The number of nitriles is 1. The molecule has 0 aromatic carbocycles. The molecular weight excluding hydrogens is 232 g/mol. The molecule has 0 radical (unpaired) electrons. The highest BCUT2D eigenvalue weighted by Gasteiger charge is 2.53. The highest BCUT2D eigenvalue weighted by molar-refractivity contribution is 5.62. The molecule has 1 saturated heterocycles. The second kappa shape index (κ2) is 3.50. The number of nitrogens with zero attached hydrogens (tertiary/aromatic N) is 2. The standard InChI is InChI=1S/C12H14N4O2/c1-6-12(3-4-17-6)8(5-13)10(14)16-11-9(12)15-7(2)18-11/h6,16H,3-4,14H2,1-2H3/t6-,12-/m1/s1. The highest BCUT2D eigenvalue weighted by Crippen LogP contribution is 2.49. The van der Waals surface area contributed by atoms with Gasteiger partial charge in [0.1, 0.15) is 11.5 Å². The maximum Gasteiger partial charge on any atom is 0.223 e. The average molecular weight is 246 g/mol. The lowest BCUT2D eigenvalue weighted by atomic mass is 9.71. The molecule has 1 spiro atoms. The molecule has 2 atom stereocenters. The van der Waals surface area contributed by atoms with Gasteiger partial charge in [0, 0.05) is 13.5 Å². The first-order valence-corrected chi connectivity index (χ1v) is 5.86. The number of rotatable bonds is 0. The van der Waals surface area contributed by atoms with E-state index in [0.29, 0.717) is 36.2 Å². The lowest BCUT2D eigenvalue weighted by molar-refractivity contribution is 0.102. The quantitative estimate of drug-likeness (QED) is 0.712. The smallest absolute Gasteiger partial charge is 0.223 e. The number of fused-ring (bicyclic) bond motifs is 2. The summed E-state index contributed by atoms with van der Waals surface area (Å²) in [6.07, 6.45) is 0.550. The number of nitrogens with two attached hydrogens (primary N) is 1. The van der Waals surface area contributed by atoms with Crippen molar-refractivity contribution in [1.29, 1.82) is 5.26 Å². The number of ether oxygens (including phenoxy) is 1. The van der Waals surface area contributed by atoms with Gasteiger partial charge in [-0.15, -0.1) is 0 Å². The second-order valence-electron chi connectivity index (χ2n) is 4.67. The molecule has 1 aromatic heterocycles. The number of oxazole rings is 1. The molecule has 0 unspecified atom stereocenters. The first-order chi connectivity index (χ1) is 8.59. The molecule has 2 aliphatic heterocycles. The molecule has 3 heterocycles. The molecular formula is C12H14N4O2. The van der Waals surface area contributed by atoms with Crippen LogP contribution < -0.4 is 11.1 Å². The van der Waals surface area contributed by atoms with Crippen LogP contribution in [0.2, 0.25) is 0 Å². The van der Waals surface area contributed by atoms with Crippen molar-refractivity contribution in [1.82, 2.24) is 4.98 Å². The molecule has 0 aliphatic carbocycles. The number of anilines is 1. The number of hydrogen-bond acceptors (Lipinski definition) is 6. The van der Waals surface area contributed by atoms with Crippen LogP contribution in [0.15, 0.2) is 15.8 Å². The van der Waals surface area contributed by atoms with Crippen molar-refractivity contribution in [3.8, 4) is 6.07 Å². The van der Waals surface area contributed by atoms with E-state index in [1.54, 1.807) is 6.92 Å². The summed E-state index contributed by atoms with van der Waals surface area (Å²) in [7, 11) is 0. The van der Waals surface area contributed by atoms with E-state index in [1.807, 2.05) is 6.92 Å². The molecule has 0 saturated carbocycles. The summed E-state index contributed by atoms with van der Waals surface area (Å²) < 4.78 is 11.1. The molecule has 1 fully saturated rings. The predicted octanol–water partition coefficient (Wildman–Crippen LogP) is 1.15. The topological polar surface area (TPSA) is 97.1 Å². The third-order valence-electron chi connectivity index (χ3n) is 3.79. The van der Waals surface area contributed by atoms with Crippen LogP contribution in [-0.4, -0.2) is 17.7 Å². The Morgan fingerprint density at radius 1 is 1.61 bits per heavy atom. The van der Waals surface area contributed by atoms with Gasteiger partial charge in [0.15, 0.2) is 5.89 Å². The minimum Gasteiger partial charge on any atom is -0.425 e. The number of aryl methyl sites for hydroxylation is 1. The number of aromatic nitrogens is 1. The van der Waals surface area contributed by atoms with Crippen LogP contribution >= 0.6 is 0 Å². The van der Waals surface area contributed by atoms with Crippen molar-refractivity contribution in [2.75, 3.05) is 11.9 Å². The molecule has 18 heavy (non-hydrogen) atoms. The Morgan fingerprint density at radius 2 is 2.39 bits per heavy atom. The summed E-state index contributed by atoms with van der Waals surface area (Å²) in [5.74, 6) is 1.41. The first-order valence-electron chi connectivity index (χ1n) is 5.86. The van der Waals surface area contributed by atoms with E-state index in [1.165, 1.54) is 0 Å². The van der Waals surface area contributed by atoms with E-state index in [4.69, 9.17) is 14.9 Å². The van der Waals surface area contributed by atoms with Gasteiger partial charge in [0.05, 0.1) is 23.2 Å². The number of hydrogen-bond donors (Lipinski definition) is 2. The third-order valence-corrected chi connectivity index (χ3v) is 3.79. The Balaban J connectivity index is 2.28. The monoisotopic (exact) mass is 246 g/mol. The van der Waals surface area contributed by atoms with Gasteiger partial charge >= 0.3 is 0 Å². The lowest BCUT2D eigenvalue weighted by Gasteiger charge is -2.34. The van der Waals surface area contributed by atoms with Gasteiger partial charge in [-0.2, -0.15) is 5.26 Å². The molecule has 2 aliphatic rings. The van der Waals surface area contributed by atoms with Crippen LogP contribution in [0.4, 0.5) is 5.88 Å². The third kappa shape index (κ3) is 1.17. The van der Waals surface area contributed by atoms with Crippen LogP contribution in [0.5, 0.6) is 0 Å². The molecule has 6 nitrogen and oxygen atoms in total. The zero-order chi connectivity index (χ0) is 12.9. The lowest BCUT2D eigenvalue weighted by Crippen LogP contribution is -2.41. The van der Waals surface area contributed by atoms with E-state index in [9.17, 15) is 5.26 Å². The maximum atomic E-state index is 9.40. The Morgan fingerprint density at radius 3 is 3.00 bits per heavy atom. The summed E-state index contributed by atoms with van der Waals surface area (Å²) in [6.45, 7) is 4.30.